The first-order valence-corrected chi connectivity index (χ1v) is 6.57. The van der Waals surface area contributed by atoms with Crippen LogP contribution < -0.4 is 9.47 Å². The Bertz CT molecular complexity index is 647. The largest absolute Gasteiger partial charge is 0.497 e. The molecule has 2 aromatic rings. The number of nitrogens with one attached hydrogen (secondary N) is 1. The Labute approximate surface area is 123 Å². The minimum Gasteiger partial charge on any atom is -0.497 e. The normalized spacial score (nSPS) is 10.0. The lowest BCUT2D eigenvalue weighted by Gasteiger charge is -2.07. The Kier molecular flexibility index (Phi) is 4.72. The third kappa shape index (κ3) is 4.18. The fourth-order valence-electron chi connectivity index (χ4n) is 1.90. The molecule has 0 aliphatic heterocycles. The van der Waals surface area contributed by atoms with E-state index in [1.165, 1.54) is 0 Å². The van der Waals surface area contributed by atoms with Gasteiger partial charge >= 0.3 is 5.97 Å². The summed E-state index contributed by atoms with van der Waals surface area (Å²) in [6.07, 6.45) is 0.589. The van der Waals surface area contributed by atoms with Gasteiger partial charge in [0.15, 0.2) is 0 Å². The van der Waals surface area contributed by atoms with Gasteiger partial charge in [0.25, 0.3) is 0 Å². The van der Waals surface area contributed by atoms with Crippen molar-refractivity contribution in [1.82, 2.24) is 0 Å². The van der Waals surface area contributed by atoms with Gasteiger partial charge in [-0.15, -0.1) is 0 Å². The van der Waals surface area contributed by atoms with Crippen LogP contribution in [0.25, 0.3) is 0 Å². The van der Waals surface area contributed by atoms with Crippen LogP contribution in [0, 0.1) is 5.41 Å². The molecule has 0 bridgehead atoms. The number of hydrogen-bond donors (Lipinski definition) is 1. The number of esters is 1. The van der Waals surface area contributed by atoms with Crippen molar-refractivity contribution in [1.29, 1.82) is 5.41 Å². The van der Waals surface area contributed by atoms with Crippen molar-refractivity contribution >= 4 is 11.7 Å². The fraction of sp³-hybridized carbons (Fsp3) is 0.176. The lowest BCUT2D eigenvalue weighted by molar-refractivity contribution is 0.0734. The minimum absolute atomic E-state index is 0.415. The molecule has 0 unspecified atom stereocenters. The summed E-state index contributed by atoms with van der Waals surface area (Å²) in [4.78, 5) is 12.0. The molecule has 2 aromatic carbocycles. The molecule has 0 aromatic heterocycles. The standard InChI is InChI=1S/C17H17NO3/c1-12(18)10-13-6-8-14(9-7-13)17(19)21-16-5-3-4-15(11-16)20-2/h3-9,11,18H,10H2,1-2H3. The molecule has 0 saturated carbocycles. The van der Waals surface area contributed by atoms with Gasteiger partial charge in [-0.2, -0.15) is 0 Å². The van der Waals surface area contributed by atoms with Crippen LogP contribution in [-0.4, -0.2) is 18.8 Å². The van der Waals surface area contributed by atoms with Crippen molar-refractivity contribution in [3.8, 4) is 11.5 Å². The second-order valence-corrected chi connectivity index (χ2v) is 4.72. The van der Waals surface area contributed by atoms with Gasteiger partial charge in [-0.25, -0.2) is 4.79 Å². The number of carbonyl (C=O) groups excluding carboxylic acids is 1. The predicted octanol–water partition coefficient (Wildman–Crippen LogP) is 3.50. The van der Waals surface area contributed by atoms with Crippen LogP contribution in [-0.2, 0) is 6.42 Å². The maximum absolute atomic E-state index is 12.0. The van der Waals surface area contributed by atoms with Gasteiger partial charge in [0.2, 0.25) is 0 Å². The number of carbonyl (C=O) groups is 1. The number of methoxy groups -OCH3 is 1. The van der Waals surface area contributed by atoms with E-state index >= 15 is 0 Å². The maximum Gasteiger partial charge on any atom is 0.343 e. The Morgan fingerprint density at radius 3 is 2.38 bits per heavy atom. The third-order valence-electron chi connectivity index (χ3n) is 2.91. The van der Waals surface area contributed by atoms with Crippen LogP contribution in [0.1, 0.15) is 22.8 Å². The van der Waals surface area contributed by atoms with E-state index in [1.54, 1.807) is 50.4 Å². The smallest absolute Gasteiger partial charge is 0.343 e. The zero-order chi connectivity index (χ0) is 15.2. The first-order chi connectivity index (χ1) is 10.1. The van der Waals surface area contributed by atoms with Gasteiger partial charge in [-0.1, -0.05) is 18.2 Å². The zero-order valence-corrected chi connectivity index (χ0v) is 12.1. The first-order valence-electron chi connectivity index (χ1n) is 6.57. The topological polar surface area (TPSA) is 59.4 Å². The quantitative estimate of drug-likeness (QED) is 0.519. The highest BCUT2D eigenvalue weighted by Crippen LogP contribution is 2.20. The Hall–Kier alpha value is -2.62. The van der Waals surface area contributed by atoms with Crippen molar-refractivity contribution in [2.24, 2.45) is 0 Å². The average Bonchev–Trinajstić information content (AvgIpc) is 2.47. The van der Waals surface area contributed by atoms with Gasteiger partial charge in [0, 0.05) is 18.2 Å². The second-order valence-electron chi connectivity index (χ2n) is 4.72. The molecule has 108 valence electrons. The molecule has 2 rings (SSSR count). The van der Waals surface area contributed by atoms with Crippen LogP contribution >= 0.6 is 0 Å². The van der Waals surface area contributed by atoms with E-state index in [0.29, 0.717) is 29.2 Å². The summed E-state index contributed by atoms with van der Waals surface area (Å²) in [5.41, 5.74) is 2.06. The lowest BCUT2D eigenvalue weighted by Crippen LogP contribution is -2.08. The zero-order valence-electron chi connectivity index (χ0n) is 12.1. The van der Waals surface area contributed by atoms with Gasteiger partial charge < -0.3 is 14.9 Å². The first kappa shape index (κ1) is 14.8. The van der Waals surface area contributed by atoms with Crippen molar-refractivity contribution in [3.05, 3.63) is 59.7 Å². The number of rotatable bonds is 5. The summed E-state index contributed by atoms with van der Waals surface area (Å²) in [5.74, 6) is 0.664. The van der Waals surface area contributed by atoms with E-state index in [1.807, 2.05) is 12.1 Å². The molecule has 0 radical (unpaired) electrons. The van der Waals surface area contributed by atoms with Crippen LogP contribution in [0.15, 0.2) is 48.5 Å². The van der Waals surface area contributed by atoms with Crippen LogP contribution in [0.2, 0.25) is 0 Å². The molecular weight excluding hydrogens is 266 g/mol. The molecule has 4 heteroatoms. The van der Waals surface area contributed by atoms with Crippen LogP contribution in [0.5, 0.6) is 11.5 Å². The highest BCUT2D eigenvalue weighted by atomic mass is 16.5. The lowest BCUT2D eigenvalue weighted by atomic mass is 10.1. The summed E-state index contributed by atoms with van der Waals surface area (Å²) < 4.78 is 10.4. The Morgan fingerprint density at radius 1 is 1.10 bits per heavy atom. The van der Waals surface area contributed by atoms with E-state index in [0.717, 1.165) is 5.56 Å². The molecule has 0 amide bonds. The summed E-state index contributed by atoms with van der Waals surface area (Å²) in [5, 5.41) is 7.45. The SMILES string of the molecule is COc1cccc(OC(=O)c2ccc(CC(C)=N)cc2)c1. The minimum atomic E-state index is -0.415. The monoisotopic (exact) mass is 283 g/mol. The fourth-order valence-corrected chi connectivity index (χ4v) is 1.90. The van der Waals surface area contributed by atoms with E-state index in [4.69, 9.17) is 14.9 Å². The van der Waals surface area contributed by atoms with E-state index in [9.17, 15) is 4.79 Å². The van der Waals surface area contributed by atoms with Gasteiger partial charge in [0.1, 0.15) is 11.5 Å². The van der Waals surface area contributed by atoms with E-state index in [2.05, 4.69) is 0 Å². The molecule has 0 spiro atoms. The number of benzene rings is 2. The van der Waals surface area contributed by atoms with Crippen molar-refractivity contribution in [2.45, 2.75) is 13.3 Å². The Morgan fingerprint density at radius 2 is 1.76 bits per heavy atom. The van der Waals surface area contributed by atoms with E-state index in [-0.39, 0.29) is 0 Å². The summed E-state index contributed by atoms with van der Waals surface area (Å²) in [6, 6.07) is 14.0. The molecule has 1 N–H and O–H groups in total. The summed E-state index contributed by atoms with van der Waals surface area (Å²) in [7, 11) is 1.56. The molecular formula is C17H17NO3. The number of ether oxygens (including phenoxy) is 2. The molecule has 0 aliphatic carbocycles. The molecule has 0 aliphatic rings. The van der Waals surface area contributed by atoms with Crippen molar-refractivity contribution in [2.75, 3.05) is 7.11 Å². The van der Waals surface area contributed by atoms with Gasteiger partial charge in [-0.3, -0.25) is 0 Å². The molecule has 21 heavy (non-hydrogen) atoms. The molecule has 4 nitrogen and oxygen atoms in total. The molecule has 0 atom stereocenters. The molecule has 0 fully saturated rings. The Balaban J connectivity index is 2.07. The van der Waals surface area contributed by atoms with Crippen molar-refractivity contribution < 1.29 is 14.3 Å². The second kappa shape index (κ2) is 6.70. The van der Waals surface area contributed by atoms with Gasteiger partial charge in [0.05, 0.1) is 12.7 Å². The van der Waals surface area contributed by atoms with Gasteiger partial charge in [-0.05, 0) is 36.8 Å². The maximum atomic E-state index is 12.0. The highest BCUT2D eigenvalue weighted by Gasteiger charge is 2.09. The number of hydrogen-bond acceptors (Lipinski definition) is 4. The summed E-state index contributed by atoms with van der Waals surface area (Å²) >= 11 is 0. The van der Waals surface area contributed by atoms with Crippen molar-refractivity contribution in [3.63, 3.8) is 0 Å². The third-order valence-corrected chi connectivity index (χ3v) is 2.91. The highest BCUT2D eigenvalue weighted by molar-refractivity contribution is 5.91. The molecule has 0 heterocycles. The average molecular weight is 283 g/mol. The molecule has 0 saturated heterocycles. The van der Waals surface area contributed by atoms with Crippen LogP contribution in [0.4, 0.5) is 0 Å². The van der Waals surface area contributed by atoms with Crippen LogP contribution in [0.3, 0.4) is 0 Å². The predicted molar refractivity (Wildman–Crippen MR) is 81.5 cm³/mol. The summed E-state index contributed by atoms with van der Waals surface area (Å²) in [6.45, 7) is 1.75. The van der Waals surface area contributed by atoms with E-state index < -0.39 is 5.97 Å².